The van der Waals surface area contributed by atoms with E-state index in [1.807, 2.05) is 26.0 Å². The molecule has 2 aromatic rings. The SMILES string of the molecule is Cc1cc(OC(=O)Nc2cccc(Cl)c2)c(C)cc1Br. The maximum absolute atomic E-state index is 11.9. The molecule has 0 bridgehead atoms. The second-order valence-electron chi connectivity index (χ2n) is 4.39. The number of hydrogen-bond acceptors (Lipinski definition) is 2. The van der Waals surface area contributed by atoms with Crippen molar-refractivity contribution < 1.29 is 9.53 Å². The first kappa shape index (κ1) is 14.9. The molecule has 1 N–H and O–H groups in total. The van der Waals surface area contributed by atoms with Crippen molar-refractivity contribution in [1.82, 2.24) is 0 Å². The number of carbonyl (C=O) groups excluding carboxylic acids is 1. The molecule has 1 amide bonds. The Morgan fingerprint density at radius 3 is 2.65 bits per heavy atom. The summed E-state index contributed by atoms with van der Waals surface area (Å²) in [6, 6.07) is 10.6. The molecule has 0 fully saturated rings. The van der Waals surface area contributed by atoms with Crippen LogP contribution >= 0.6 is 27.5 Å². The molecule has 0 aliphatic rings. The quantitative estimate of drug-likeness (QED) is 0.791. The highest BCUT2D eigenvalue weighted by molar-refractivity contribution is 9.10. The minimum absolute atomic E-state index is 0.533. The van der Waals surface area contributed by atoms with E-state index >= 15 is 0 Å². The summed E-state index contributed by atoms with van der Waals surface area (Å²) >= 11 is 9.29. The van der Waals surface area contributed by atoms with Gasteiger partial charge in [0.1, 0.15) is 5.75 Å². The summed E-state index contributed by atoms with van der Waals surface area (Å²) < 4.78 is 6.29. The Balaban J connectivity index is 2.10. The van der Waals surface area contributed by atoms with Crippen molar-refractivity contribution in [2.45, 2.75) is 13.8 Å². The third-order valence-corrected chi connectivity index (χ3v) is 3.82. The van der Waals surface area contributed by atoms with Gasteiger partial charge in [-0.25, -0.2) is 4.79 Å². The van der Waals surface area contributed by atoms with Gasteiger partial charge in [0.25, 0.3) is 0 Å². The number of nitrogens with one attached hydrogen (secondary N) is 1. The fraction of sp³-hybridized carbons (Fsp3) is 0.133. The highest BCUT2D eigenvalue weighted by atomic mass is 79.9. The van der Waals surface area contributed by atoms with Gasteiger partial charge in [-0.15, -0.1) is 0 Å². The van der Waals surface area contributed by atoms with Gasteiger partial charge in [-0.2, -0.15) is 0 Å². The van der Waals surface area contributed by atoms with Crippen LogP contribution in [0.15, 0.2) is 40.9 Å². The molecule has 20 heavy (non-hydrogen) atoms. The summed E-state index contributed by atoms with van der Waals surface area (Å²) in [6.07, 6.45) is -0.544. The van der Waals surface area contributed by atoms with E-state index in [1.165, 1.54) is 0 Å². The van der Waals surface area contributed by atoms with Crippen LogP contribution in [0.25, 0.3) is 0 Å². The van der Waals surface area contributed by atoms with Crippen LogP contribution in [0.1, 0.15) is 11.1 Å². The topological polar surface area (TPSA) is 38.3 Å². The van der Waals surface area contributed by atoms with Gasteiger partial charge >= 0.3 is 6.09 Å². The zero-order valence-electron chi connectivity index (χ0n) is 11.0. The molecule has 0 atom stereocenters. The molecule has 3 nitrogen and oxygen atoms in total. The average molecular weight is 355 g/mol. The van der Waals surface area contributed by atoms with Gasteiger partial charge in [0.2, 0.25) is 0 Å². The average Bonchev–Trinajstić information content (AvgIpc) is 2.36. The number of aryl methyl sites for hydroxylation is 2. The summed E-state index contributed by atoms with van der Waals surface area (Å²) in [6.45, 7) is 3.82. The minimum Gasteiger partial charge on any atom is -0.410 e. The third-order valence-electron chi connectivity index (χ3n) is 2.73. The molecule has 0 heterocycles. The van der Waals surface area contributed by atoms with E-state index < -0.39 is 6.09 Å². The molecule has 5 heteroatoms. The Kier molecular flexibility index (Phi) is 4.68. The number of amides is 1. The molecule has 0 aliphatic heterocycles. The zero-order chi connectivity index (χ0) is 14.7. The number of anilines is 1. The van der Waals surface area contributed by atoms with Crippen molar-refractivity contribution in [2.24, 2.45) is 0 Å². The van der Waals surface area contributed by atoms with Crippen molar-refractivity contribution >= 4 is 39.3 Å². The Hall–Kier alpha value is -1.52. The van der Waals surface area contributed by atoms with Crippen LogP contribution in [0.4, 0.5) is 10.5 Å². The van der Waals surface area contributed by atoms with Crippen LogP contribution in [-0.2, 0) is 0 Å². The number of rotatable bonds is 2. The predicted octanol–water partition coefficient (Wildman–Crippen LogP) is 5.33. The molecule has 0 aromatic heterocycles. The van der Waals surface area contributed by atoms with Crippen LogP contribution in [0.5, 0.6) is 5.75 Å². The number of carbonyl (C=O) groups is 1. The van der Waals surface area contributed by atoms with Crippen molar-refractivity contribution in [2.75, 3.05) is 5.32 Å². The Morgan fingerprint density at radius 1 is 1.20 bits per heavy atom. The lowest BCUT2D eigenvalue weighted by atomic mass is 10.1. The second kappa shape index (κ2) is 6.29. The molecule has 2 rings (SSSR count). The van der Waals surface area contributed by atoms with E-state index in [0.29, 0.717) is 16.5 Å². The summed E-state index contributed by atoms with van der Waals surface area (Å²) in [4.78, 5) is 11.9. The largest absolute Gasteiger partial charge is 0.417 e. The van der Waals surface area contributed by atoms with E-state index in [-0.39, 0.29) is 0 Å². The van der Waals surface area contributed by atoms with Gasteiger partial charge < -0.3 is 4.74 Å². The zero-order valence-corrected chi connectivity index (χ0v) is 13.4. The van der Waals surface area contributed by atoms with Gasteiger partial charge in [0.15, 0.2) is 0 Å². The maximum atomic E-state index is 11.9. The molecule has 0 aliphatic carbocycles. The number of ether oxygens (including phenoxy) is 1. The van der Waals surface area contributed by atoms with Gasteiger partial charge in [0, 0.05) is 15.2 Å². The standard InChI is InChI=1S/C15H13BrClNO2/c1-9-7-14(10(2)6-13(9)16)20-15(19)18-12-5-3-4-11(17)8-12/h3-8H,1-2H3,(H,18,19). The first-order chi connectivity index (χ1) is 9.45. The smallest absolute Gasteiger partial charge is 0.410 e. The maximum Gasteiger partial charge on any atom is 0.417 e. The summed E-state index contributed by atoms with van der Waals surface area (Å²) in [5.41, 5.74) is 2.47. The molecule has 104 valence electrons. The fourth-order valence-corrected chi connectivity index (χ4v) is 2.32. The highest BCUT2D eigenvalue weighted by Crippen LogP contribution is 2.26. The molecular formula is C15H13BrClNO2. The predicted molar refractivity (Wildman–Crippen MR) is 84.7 cm³/mol. The number of halogens is 2. The van der Waals surface area contributed by atoms with Gasteiger partial charge in [-0.3, -0.25) is 5.32 Å². The van der Waals surface area contributed by atoms with E-state index in [1.54, 1.807) is 24.3 Å². The Morgan fingerprint density at radius 2 is 1.95 bits per heavy atom. The Bertz CT molecular complexity index is 658. The molecule has 0 unspecified atom stereocenters. The van der Waals surface area contributed by atoms with Crippen LogP contribution in [-0.4, -0.2) is 6.09 Å². The van der Waals surface area contributed by atoms with E-state index in [0.717, 1.165) is 15.6 Å². The van der Waals surface area contributed by atoms with Crippen LogP contribution in [0.3, 0.4) is 0 Å². The van der Waals surface area contributed by atoms with Crippen molar-refractivity contribution in [1.29, 1.82) is 0 Å². The third kappa shape index (κ3) is 3.74. The highest BCUT2D eigenvalue weighted by Gasteiger charge is 2.09. The number of hydrogen-bond donors (Lipinski definition) is 1. The molecular weight excluding hydrogens is 342 g/mol. The normalized spacial score (nSPS) is 10.2. The molecule has 0 radical (unpaired) electrons. The van der Waals surface area contributed by atoms with Crippen LogP contribution in [0.2, 0.25) is 5.02 Å². The van der Waals surface area contributed by atoms with Gasteiger partial charge in [-0.1, -0.05) is 33.6 Å². The molecule has 0 saturated carbocycles. The molecule has 0 spiro atoms. The summed E-state index contributed by atoms with van der Waals surface area (Å²) in [5.74, 6) is 0.533. The van der Waals surface area contributed by atoms with Gasteiger partial charge in [-0.05, 0) is 55.3 Å². The van der Waals surface area contributed by atoms with E-state index in [4.69, 9.17) is 16.3 Å². The summed E-state index contributed by atoms with van der Waals surface area (Å²) in [7, 11) is 0. The van der Waals surface area contributed by atoms with Crippen molar-refractivity contribution in [3.8, 4) is 5.75 Å². The first-order valence-electron chi connectivity index (χ1n) is 5.97. The van der Waals surface area contributed by atoms with Crippen molar-refractivity contribution in [3.63, 3.8) is 0 Å². The second-order valence-corrected chi connectivity index (χ2v) is 5.68. The first-order valence-corrected chi connectivity index (χ1v) is 7.14. The van der Waals surface area contributed by atoms with Crippen LogP contribution in [0, 0.1) is 13.8 Å². The van der Waals surface area contributed by atoms with Crippen molar-refractivity contribution in [3.05, 3.63) is 57.0 Å². The summed E-state index contributed by atoms with van der Waals surface area (Å²) in [5, 5.41) is 3.19. The molecule has 2 aromatic carbocycles. The van der Waals surface area contributed by atoms with Crippen LogP contribution < -0.4 is 10.1 Å². The lowest BCUT2D eigenvalue weighted by Gasteiger charge is -2.10. The monoisotopic (exact) mass is 353 g/mol. The Labute approximate surface area is 131 Å². The molecule has 0 saturated heterocycles. The number of benzene rings is 2. The van der Waals surface area contributed by atoms with E-state index in [2.05, 4.69) is 21.2 Å². The lowest BCUT2D eigenvalue weighted by Crippen LogP contribution is -2.17. The minimum atomic E-state index is -0.544. The van der Waals surface area contributed by atoms with E-state index in [9.17, 15) is 4.79 Å². The lowest BCUT2D eigenvalue weighted by molar-refractivity contribution is 0.215. The fourth-order valence-electron chi connectivity index (χ4n) is 1.67. The van der Waals surface area contributed by atoms with Gasteiger partial charge in [0.05, 0.1) is 0 Å².